The second kappa shape index (κ2) is 22.6. The van der Waals surface area contributed by atoms with Crippen LogP contribution in [-0.4, -0.2) is 8.42 Å². The summed E-state index contributed by atoms with van der Waals surface area (Å²) in [7, 11) is -5.12. The third-order valence-corrected chi connectivity index (χ3v) is 13.5. The maximum Gasteiger partial charge on any atom is 4.00 e. The SMILES string of the molecule is CCCCc1ccc(S([NH-])(=O)=O)cc1.[CH3-].[CH3-].[CH3-].[Pt+4].c1ccc(P(c2ccccc2)c2ccccc2P(c2ccccc2)c2ccccc2)cc1. The minimum atomic E-state index is -3.79. The first-order valence-electron chi connectivity index (χ1n) is 15.4. The summed E-state index contributed by atoms with van der Waals surface area (Å²) in [5.74, 6) is 0. The summed E-state index contributed by atoms with van der Waals surface area (Å²) in [6.07, 6.45) is 3.19. The molecule has 0 saturated carbocycles. The molecule has 0 fully saturated rings. The largest absolute Gasteiger partial charge is 4.00 e. The van der Waals surface area contributed by atoms with Gasteiger partial charge in [0, 0.05) is 4.90 Å². The molecular formula is C43H47NO2P2PtS. The van der Waals surface area contributed by atoms with Gasteiger partial charge in [0.15, 0.2) is 0 Å². The van der Waals surface area contributed by atoms with Gasteiger partial charge in [-0.1, -0.05) is 171 Å². The summed E-state index contributed by atoms with van der Waals surface area (Å²) in [5, 5.41) is 15.3. The Hall–Kier alpha value is -3.22. The van der Waals surface area contributed by atoms with Crippen LogP contribution in [0.5, 0.6) is 0 Å². The number of nitrogens with one attached hydrogen (secondary N) is 1. The number of hydrogen-bond acceptors (Lipinski definition) is 2. The summed E-state index contributed by atoms with van der Waals surface area (Å²) >= 11 is 0. The number of benzene rings is 6. The first-order valence-corrected chi connectivity index (χ1v) is 19.6. The normalized spacial score (nSPS) is 10.3. The number of sulfonamides is 1. The molecule has 0 aliphatic heterocycles. The maximum atomic E-state index is 10.8. The topological polar surface area (TPSA) is 57.9 Å². The fourth-order valence-corrected chi connectivity index (χ4v) is 11.0. The Balaban J connectivity index is 0.000000597. The molecule has 6 rings (SSSR count). The van der Waals surface area contributed by atoms with E-state index in [2.05, 4.69) is 153 Å². The Kier molecular flexibility index (Phi) is 20.2. The molecule has 6 aromatic carbocycles. The van der Waals surface area contributed by atoms with Crippen LogP contribution in [0.15, 0.2) is 175 Å². The molecule has 0 amide bonds. The van der Waals surface area contributed by atoms with Gasteiger partial charge in [-0.2, -0.15) is 0 Å². The molecule has 6 aromatic rings. The fourth-order valence-electron chi connectivity index (χ4n) is 5.22. The van der Waals surface area contributed by atoms with Crippen molar-refractivity contribution in [3.63, 3.8) is 0 Å². The smallest absolute Gasteiger partial charge is 0.560 e. The Labute approximate surface area is 319 Å². The first-order chi connectivity index (χ1) is 22.5. The monoisotopic (exact) mass is 898 g/mol. The molecule has 3 nitrogen and oxygen atoms in total. The van der Waals surface area contributed by atoms with Gasteiger partial charge in [0.05, 0.1) is 10.0 Å². The molecule has 7 heteroatoms. The molecular weight excluding hydrogens is 852 g/mol. The zero-order chi connectivity index (χ0) is 32.2. The van der Waals surface area contributed by atoms with Crippen LogP contribution in [0.4, 0.5) is 0 Å². The van der Waals surface area contributed by atoms with E-state index in [0.717, 1.165) is 24.8 Å². The van der Waals surface area contributed by atoms with Gasteiger partial charge in [0.25, 0.3) is 0 Å². The summed E-state index contributed by atoms with van der Waals surface area (Å²) in [6.45, 7) is 2.11. The molecule has 262 valence electrons. The van der Waals surface area contributed by atoms with E-state index in [0.29, 0.717) is 0 Å². The molecule has 50 heavy (non-hydrogen) atoms. The van der Waals surface area contributed by atoms with Gasteiger partial charge in [-0.05, 0) is 78.2 Å². The van der Waals surface area contributed by atoms with Crippen LogP contribution in [0.3, 0.4) is 0 Å². The standard InChI is InChI=1S/C30H24P2.C10H14NO2S.3CH3.Pt/c1-5-15-25(16-6-1)31(26-17-7-2-8-18-26)29-23-13-14-24-30(29)32(27-19-9-3-10-20-27)28-21-11-4-12-22-28;1-2-3-4-9-5-7-10(8-6-9)14(11,12)13;;;;/h1-24H;5-8H,2-4H2,1H3,(H-,11,12,13);3*1H3;/q;4*-1;+4. The fraction of sp³-hybridized carbons (Fsp3) is 0.0930. The molecule has 0 saturated heterocycles. The summed E-state index contributed by atoms with van der Waals surface area (Å²) in [5.41, 5.74) is 1.12. The van der Waals surface area contributed by atoms with Crippen LogP contribution >= 0.6 is 15.8 Å². The van der Waals surface area contributed by atoms with Crippen molar-refractivity contribution in [2.75, 3.05) is 0 Å². The van der Waals surface area contributed by atoms with Gasteiger partial charge < -0.3 is 27.4 Å². The predicted octanol–water partition coefficient (Wildman–Crippen LogP) is 9.32. The van der Waals surface area contributed by atoms with Gasteiger partial charge in [-0.15, -0.1) is 0 Å². The van der Waals surface area contributed by atoms with E-state index >= 15 is 0 Å². The van der Waals surface area contributed by atoms with Crippen LogP contribution in [0.1, 0.15) is 25.3 Å². The number of aryl methyl sites for hydroxylation is 1. The van der Waals surface area contributed by atoms with Gasteiger partial charge in [0.1, 0.15) is 0 Å². The number of rotatable bonds is 10. The second-order valence-corrected chi connectivity index (χ2v) is 16.6. The van der Waals surface area contributed by atoms with Gasteiger partial charge in [0.2, 0.25) is 0 Å². The van der Waals surface area contributed by atoms with E-state index in [1.807, 2.05) is 0 Å². The Bertz CT molecular complexity index is 1710. The molecule has 0 heterocycles. The number of unbranched alkanes of at least 4 members (excludes halogenated alkanes) is 1. The zero-order valence-electron chi connectivity index (χ0n) is 29.2. The van der Waals surface area contributed by atoms with Gasteiger partial charge in [-0.25, -0.2) is 8.42 Å². The van der Waals surface area contributed by atoms with Crippen molar-refractivity contribution in [3.05, 3.63) is 203 Å². The second-order valence-electron chi connectivity index (χ2n) is 10.8. The molecule has 0 radical (unpaired) electrons. The van der Waals surface area contributed by atoms with Crippen molar-refractivity contribution in [1.29, 1.82) is 0 Å². The van der Waals surface area contributed by atoms with Gasteiger partial charge >= 0.3 is 21.1 Å². The quantitative estimate of drug-likeness (QED) is 0.102. The molecule has 1 N–H and O–H groups in total. The van der Waals surface area contributed by atoms with Crippen molar-refractivity contribution in [2.24, 2.45) is 0 Å². The van der Waals surface area contributed by atoms with Crippen molar-refractivity contribution in [3.8, 4) is 0 Å². The van der Waals surface area contributed by atoms with Crippen molar-refractivity contribution < 1.29 is 29.5 Å². The van der Waals surface area contributed by atoms with E-state index in [9.17, 15) is 8.42 Å². The van der Waals surface area contributed by atoms with Crippen LogP contribution in [0.2, 0.25) is 0 Å². The van der Waals surface area contributed by atoms with E-state index in [1.165, 1.54) is 44.0 Å². The average molecular weight is 899 g/mol. The molecule has 0 aliphatic rings. The van der Waals surface area contributed by atoms with E-state index < -0.39 is 25.9 Å². The molecule has 0 aromatic heterocycles. The van der Waals surface area contributed by atoms with E-state index in [4.69, 9.17) is 5.14 Å². The summed E-state index contributed by atoms with van der Waals surface area (Å²) < 4.78 is 21.6. The molecule has 0 bridgehead atoms. The molecule has 0 aliphatic carbocycles. The Morgan fingerprint density at radius 1 is 0.480 bits per heavy atom. The first kappa shape index (κ1) is 44.8. The predicted molar refractivity (Wildman–Crippen MR) is 220 cm³/mol. The minimum Gasteiger partial charge on any atom is -0.560 e. The summed E-state index contributed by atoms with van der Waals surface area (Å²) in [4.78, 5) is 0.0674. The van der Waals surface area contributed by atoms with Crippen molar-refractivity contribution in [1.82, 2.24) is 0 Å². The van der Waals surface area contributed by atoms with Crippen molar-refractivity contribution >= 4 is 57.7 Å². The van der Waals surface area contributed by atoms with Crippen molar-refractivity contribution in [2.45, 2.75) is 31.1 Å². The van der Waals surface area contributed by atoms with Crippen LogP contribution in [0.25, 0.3) is 5.14 Å². The zero-order valence-corrected chi connectivity index (χ0v) is 34.1. The van der Waals surface area contributed by atoms with E-state index in [-0.39, 0.29) is 48.2 Å². The third kappa shape index (κ3) is 12.2. The molecule has 0 unspecified atom stereocenters. The van der Waals surface area contributed by atoms with Gasteiger partial charge in [-0.3, -0.25) is 0 Å². The third-order valence-electron chi connectivity index (χ3n) is 7.47. The minimum absolute atomic E-state index is 0. The molecule has 0 atom stereocenters. The van der Waals surface area contributed by atoms with Crippen LogP contribution in [0, 0.1) is 22.3 Å². The maximum absolute atomic E-state index is 10.8. The Morgan fingerprint density at radius 3 is 1.06 bits per heavy atom. The van der Waals surface area contributed by atoms with Crippen LogP contribution in [-0.2, 0) is 37.5 Å². The van der Waals surface area contributed by atoms with Crippen LogP contribution < -0.4 is 31.8 Å². The average Bonchev–Trinajstić information content (AvgIpc) is 3.10. The molecule has 0 spiro atoms. The summed E-state index contributed by atoms with van der Waals surface area (Å²) in [6, 6.07) is 59.6. The number of hydrogen-bond donors (Lipinski definition) is 0. The van der Waals surface area contributed by atoms with E-state index in [1.54, 1.807) is 12.1 Å². The Morgan fingerprint density at radius 2 is 0.780 bits per heavy atom.